The maximum absolute atomic E-state index is 6.03. The van der Waals surface area contributed by atoms with E-state index in [1.165, 1.54) is 25.9 Å². The predicted molar refractivity (Wildman–Crippen MR) is 117 cm³/mol. The van der Waals surface area contributed by atoms with Gasteiger partial charge in [-0.1, -0.05) is 31.2 Å². The van der Waals surface area contributed by atoms with Gasteiger partial charge in [-0.25, -0.2) is 0 Å². The van der Waals surface area contributed by atoms with Crippen molar-refractivity contribution in [1.82, 2.24) is 9.88 Å². The largest absolute Gasteiger partial charge is 0.492 e. The number of pyridine rings is 1. The van der Waals surface area contributed by atoms with Gasteiger partial charge in [0, 0.05) is 35.1 Å². The Morgan fingerprint density at radius 3 is 2.75 bits per heavy atom. The summed E-state index contributed by atoms with van der Waals surface area (Å²) in [6, 6.07) is 18.5. The number of aromatic nitrogens is 1. The Labute approximate surface area is 167 Å². The molecule has 0 atom stereocenters. The van der Waals surface area contributed by atoms with Gasteiger partial charge < -0.3 is 10.1 Å². The highest BCUT2D eigenvalue weighted by Gasteiger charge is 2.15. The summed E-state index contributed by atoms with van der Waals surface area (Å²) in [5.41, 5.74) is 4.11. The first-order valence-corrected chi connectivity index (χ1v) is 10.3. The number of hydrogen-bond acceptors (Lipinski definition) is 4. The Morgan fingerprint density at radius 2 is 1.89 bits per heavy atom. The van der Waals surface area contributed by atoms with Gasteiger partial charge in [0.05, 0.1) is 5.52 Å². The maximum atomic E-state index is 6.03. The summed E-state index contributed by atoms with van der Waals surface area (Å²) in [6.07, 6.45) is 2.61. The number of para-hydroxylation sites is 1. The summed E-state index contributed by atoms with van der Waals surface area (Å²) in [7, 11) is 0. The fraction of sp³-hybridized carbons (Fsp3) is 0.375. The van der Waals surface area contributed by atoms with Crippen molar-refractivity contribution in [1.29, 1.82) is 0 Å². The van der Waals surface area contributed by atoms with E-state index >= 15 is 0 Å². The van der Waals surface area contributed by atoms with E-state index in [1.54, 1.807) is 0 Å². The highest BCUT2D eigenvalue weighted by atomic mass is 16.5. The smallest absolute Gasteiger partial charge is 0.121 e. The highest BCUT2D eigenvalue weighted by Crippen LogP contribution is 2.28. The second kappa shape index (κ2) is 8.61. The molecule has 28 heavy (non-hydrogen) atoms. The lowest BCUT2D eigenvalue weighted by Gasteiger charge is -2.29. The standard InChI is InChI=1S/C24H29N3O/c1-18-10-12-27(13-11-18)14-15-28-21-7-5-6-20(17-21)26-24-16-19(2)25-23-9-4-3-8-22(23)24/h3-9,16-18H,10-15H2,1-2H3,(H,25,26). The monoisotopic (exact) mass is 375 g/mol. The second-order valence-electron chi connectivity index (χ2n) is 7.85. The van der Waals surface area contributed by atoms with Crippen molar-refractivity contribution in [2.45, 2.75) is 26.7 Å². The number of benzene rings is 2. The van der Waals surface area contributed by atoms with Crippen molar-refractivity contribution < 1.29 is 4.74 Å². The van der Waals surface area contributed by atoms with Gasteiger partial charge >= 0.3 is 0 Å². The van der Waals surface area contributed by atoms with Gasteiger partial charge in [0.15, 0.2) is 0 Å². The van der Waals surface area contributed by atoms with Crippen LogP contribution < -0.4 is 10.1 Å². The van der Waals surface area contributed by atoms with Crippen LogP contribution in [0.25, 0.3) is 10.9 Å². The van der Waals surface area contributed by atoms with E-state index in [-0.39, 0.29) is 0 Å². The van der Waals surface area contributed by atoms with E-state index in [0.29, 0.717) is 0 Å². The third-order valence-electron chi connectivity index (χ3n) is 5.51. The Balaban J connectivity index is 1.40. The first kappa shape index (κ1) is 18.8. The third kappa shape index (κ3) is 4.63. The van der Waals surface area contributed by atoms with Gasteiger partial charge in [0.1, 0.15) is 12.4 Å². The molecule has 146 valence electrons. The van der Waals surface area contributed by atoms with Crippen LogP contribution in [0.3, 0.4) is 0 Å². The molecule has 1 N–H and O–H groups in total. The van der Waals surface area contributed by atoms with Gasteiger partial charge in [-0.05, 0) is 63.0 Å². The molecule has 3 aromatic rings. The van der Waals surface area contributed by atoms with Crippen LogP contribution in [-0.2, 0) is 0 Å². The third-order valence-corrected chi connectivity index (χ3v) is 5.51. The minimum absolute atomic E-state index is 0.731. The van der Waals surface area contributed by atoms with Crippen LogP contribution >= 0.6 is 0 Å². The van der Waals surface area contributed by atoms with Crippen molar-refractivity contribution in [2.24, 2.45) is 5.92 Å². The van der Waals surface area contributed by atoms with Gasteiger partial charge in [-0.15, -0.1) is 0 Å². The summed E-state index contributed by atoms with van der Waals surface area (Å²) in [4.78, 5) is 7.12. The Morgan fingerprint density at radius 1 is 1.07 bits per heavy atom. The molecule has 0 aliphatic carbocycles. The van der Waals surface area contributed by atoms with Gasteiger partial charge in [-0.2, -0.15) is 0 Å². The minimum atomic E-state index is 0.731. The molecule has 0 bridgehead atoms. The molecule has 1 aliphatic heterocycles. The second-order valence-corrected chi connectivity index (χ2v) is 7.85. The molecular weight excluding hydrogens is 346 g/mol. The number of piperidine rings is 1. The fourth-order valence-electron chi connectivity index (χ4n) is 3.81. The molecule has 2 aromatic carbocycles. The molecule has 4 nitrogen and oxygen atoms in total. The SMILES string of the molecule is Cc1cc(Nc2cccc(OCCN3CCC(C)CC3)c2)c2ccccc2n1. The zero-order valence-corrected chi connectivity index (χ0v) is 16.8. The number of likely N-dealkylation sites (tertiary alicyclic amines) is 1. The molecule has 1 aromatic heterocycles. The molecular formula is C24H29N3O. The van der Waals surface area contributed by atoms with E-state index < -0.39 is 0 Å². The van der Waals surface area contributed by atoms with Crippen LogP contribution in [0.1, 0.15) is 25.5 Å². The lowest BCUT2D eigenvalue weighted by Crippen LogP contribution is -2.35. The van der Waals surface area contributed by atoms with E-state index in [0.717, 1.165) is 52.8 Å². The van der Waals surface area contributed by atoms with Crippen molar-refractivity contribution in [2.75, 3.05) is 31.6 Å². The summed E-state index contributed by atoms with van der Waals surface area (Å²) in [5.74, 6) is 1.78. The molecule has 1 fully saturated rings. The van der Waals surface area contributed by atoms with Crippen molar-refractivity contribution >= 4 is 22.3 Å². The summed E-state index contributed by atoms with van der Waals surface area (Å²) >= 11 is 0. The van der Waals surface area contributed by atoms with Gasteiger partial charge in [-0.3, -0.25) is 9.88 Å². The Kier molecular flexibility index (Phi) is 5.77. The van der Waals surface area contributed by atoms with Crippen LogP contribution in [-0.4, -0.2) is 36.1 Å². The van der Waals surface area contributed by atoms with Crippen LogP contribution in [0.2, 0.25) is 0 Å². The van der Waals surface area contributed by atoms with E-state index in [4.69, 9.17) is 4.74 Å². The molecule has 0 saturated carbocycles. The lowest BCUT2D eigenvalue weighted by molar-refractivity contribution is 0.160. The van der Waals surface area contributed by atoms with Gasteiger partial charge in [0.25, 0.3) is 0 Å². The van der Waals surface area contributed by atoms with Gasteiger partial charge in [0.2, 0.25) is 0 Å². The zero-order valence-electron chi connectivity index (χ0n) is 16.8. The molecule has 1 aliphatic rings. The molecule has 0 unspecified atom stereocenters. The molecule has 0 spiro atoms. The summed E-state index contributed by atoms with van der Waals surface area (Å²) in [5, 5.41) is 4.67. The van der Waals surface area contributed by atoms with Crippen LogP contribution in [0.15, 0.2) is 54.6 Å². The average molecular weight is 376 g/mol. The number of fused-ring (bicyclic) bond motifs is 1. The van der Waals surface area contributed by atoms with E-state index in [9.17, 15) is 0 Å². The molecule has 0 amide bonds. The number of hydrogen-bond donors (Lipinski definition) is 1. The first-order valence-electron chi connectivity index (χ1n) is 10.3. The van der Waals surface area contributed by atoms with Crippen molar-refractivity contribution in [3.63, 3.8) is 0 Å². The fourth-order valence-corrected chi connectivity index (χ4v) is 3.81. The molecule has 2 heterocycles. The summed E-state index contributed by atoms with van der Waals surface area (Å²) in [6.45, 7) is 8.49. The Hall–Kier alpha value is -2.59. The molecule has 4 rings (SSSR count). The topological polar surface area (TPSA) is 37.4 Å². The van der Waals surface area contributed by atoms with Crippen LogP contribution in [0.5, 0.6) is 5.75 Å². The first-order chi connectivity index (χ1) is 13.7. The predicted octanol–water partition coefficient (Wildman–Crippen LogP) is 5.40. The molecule has 1 saturated heterocycles. The lowest BCUT2D eigenvalue weighted by atomic mass is 9.99. The maximum Gasteiger partial charge on any atom is 0.121 e. The summed E-state index contributed by atoms with van der Waals surface area (Å²) < 4.78 is 6.03. The van der Waals surface area contributed by atoms with Crippen molar-refractivity contribution in [3.8, 4) is 5.75 Å². The number of rotatable bonds is 6. The number of nitrogens with one attached hydrogen (secondary N) is 1. The number of aryl methyl sites for hydroxylation is 1. The number of nitrogens with zero attached hydrogens (tertiary/aromatic N) is 2. The normalized spacial score (nSPS) is 15.6. The minimum Gasteiger partial charge on any atom is -0.492 e. The number of ether oxygens (including phenoxy) is 1. The number of anilines is 2. The quantitative estimate of drug-likeness (QED) is 0.626. The van der Waals surface area contributed by atoms with E-state index in [1.807, 2.05) is 37.3 Å². The zero-order chi connectivity index (χ0) is 19.3. The Bertz CT molecular complexity index is 932. The van der Waals surface area contributed by atoms with Crippen LogP contribution in [0, 0.1) is 12.8 Å². The average Bonchev–Trinajstić information content (AvgIpc) is 2.70. The van der Waals surface area contributed by atoms with Crippen molar-refractivity contribution in [3.05, 3.63) is 60.3 Å². The van der Waals surface area contributed by atoms with Crippen LogP contribution in [0.4, 0.5) is 11.4 Å². The molecule has 4 heteroatoms. The highest BCUT2D eigenvalue weighted by molar-refractivity contribution is 5.93. The van der Waals surface area contributed by atoms with E-state index in [2.05, 4.69) is 46.4 Å². The molecule has 0 radical (unpaired) electrons.